The summed E-state index contributed by atoms with van der Waals surface area (Å²) in [6.07, 6.45) is 0.0890. The molecule has 0 bridgehead atoms. The van der Waals surface area contributed by atoms with Gasteiger partial charge in [0.25, 0.3) is 10.1 Å². The average molecular weight is 436 g/mol. The highest BCUT2D eigenvalue weighted by molar-refractivity contribution is 7.99. The van der Waals surface area contributed by atoms with Crippen LogP contribution in [-0.4, -0.2) is 52.8 Å². The molecule has 1 amide bonds. The van der Waals surface area contributed by atoms with Gasteiger partial charge in [0.15, 0.2) is 0 Å². The van der Waals surface area contributed by atoms with Gasteiger partial charge in [-0.2, -0.15) is 8.42 Å². The number of hydrogen-bond acceptors (Lipinski definition) is 6. The molecular formula is C20H25N3O4S2. The Balaban J connectivity index is 2.01. The van der Waals surface area contributed by atoms with Crippen molar-refractivity contribution in [3.05, 3.63) is 36.4 Å². The molecule has 1 aliphatic heterocycles. The molecule has 9 heteroatoms. The van der Waals surface area contributed by atoms with Crippen LogP contribution in [0.3, 0.4) is 0 Å². The van der Waals surface area contributed by atoms with Crippen LogP contribution in [0.4, 0.5) is 22.7 Å². The lowest BCUT2D eigenvalue weighted by atomic mass is 10.1. The number of amides is 1. The minimum absolute atomic E-state index is 0.0220. The second kappa shape index (κ2) is 8.25. The summed E-state index contributed by atoms with van der Waals surface area (Å²) in [6, 6.07) is 11.8. The van der Waals surface area contributed by atoms with Crippen LogP contribution in [0.2, 0.25) is 0 Å². The van der Waals surface area contributed by atoms with Crippen LogP contribution in [0.25, 0.3) is 0 Å². The molecule has 0 radical (unpaired) electrons. The number of carbonyl (C=O) groups excluding carboxylic acids is 1. The molecule has 0 spiro atoms. The highest BCUT2D eigenvalue weighted by Gasteiger charge is 2.29. The van der Waals surface area contributed by atoms with Crippen molar-refractivity contribution >= 4 is 50.5 Å². The molecule has 0 saturated heterocycles. The van der Waals surface area contributed by atoms with Crippen LogP contribution in [-0.2, 0) is 14.9 Å². The van der Waals surface area contributed by atoms with Gasteiger partial charge in [-0.15, -0.1) is 0 Å². The van der Waals surface area contributed by atoms with Crippen molar-refractivity contribution < 1.29 is 17.8 Å². The Bertz CT molecular complexity index is 979. The maximum absolute atomic E-state index is 13.1. The molecule has 0 saturated carbocycles. The lowest BCUT2D eigenvalue weighted by Gasteiger charge is -2.32. The topological polar surface area (TPSA) is 81.2 Å². The van der Waals surface area contributed by atoms with Gasteiger partial charge in [-0.1, -0.05) is 11.8 Å². The molecule has 2 aromatic carbocycles. The van der Waals surface area contributed by atoms with Crippen LogP contribution >= 0.6 is 11.8 Å². The Morgan fingerprint density at radius 2 is 1.45 bits per heavy atom. The number of rotatable bonds is 6. The zero-order valence-electron chi connectivity index (χ0n) is 16.9. The Kier molecular flexibility index (Phi) is 6.11. The van der Waals surface area contributed by atoms with Gasteiger partial charge in [-0.05, 0) is 42.8 Å². The van der Waals surface area contributed by atoms with Crippen molar-refractivity contribution in [3.63, 3.8) is 0 Å². The summed E-state index contributed by atoms with van der Waals surface area (Å²) in [7, 11) is 3.77. The van der Waals surface area contributed by atoms with Crippen LogP contribution in [0.15, 0.2) is 46.2 Å². The minimum atomic E-state index is -4.09. The Morgan fingerprint density at radius 1 is 0.966 bits per heavy atom. The van der Waals surface area contributed by atoms with E-state index in [1.54, 1.807) is 16.7 Å². The summed E-state index contributed by atoms with van der Waals surface area (Å²) in [5.41, 5.74) is 3.62. The van der Waals surface area contributed by atoms with Gasteiger partial charge in [-0.25, -0.2) is 0 Å². The third-order valence-corrected chi connectivity index (χ3v) is 6.56. The van der Waals surface area contributed by atoms with Crippen molar-refractivity contribution in [2.24, 2.45) is 0 Å². The van der Waals surface area contributed by atoms with Gasteiger partial charge in [0, 0.05) is 55.8 Å². The Labute approximate surface area is 176 Å². The van der Waals surface area contributed by atoms with Crippen LogP contribution in [0.1, 0.15) is 12.8 Å². The first-order chi connectivity index (χ1) is 13.6. The zero-order chi connectivity index (χ0) is 21.3. The van der Waals surface area contributed by atoms with E-state index in [0.29, 0.717) is 0 Å². The van der Waals surface area contributed by atoms with E-state index in [1.807, 2.05) is 74.4 Å². The van der Waals surface area contributed by atoms with Crippen molar-refractivity contribution in [1.82, 2.24) is 0 Å². The fourth-order valence-electron chi connectivity index (χ4n) is 3.13. The maximum Gasteiger partial charge on any atom is 0.264 e. The largest absolute Gasteiger partial charge is 0.378 e. The summed E-state index contributed by atoms with van der Waals surface area (Å²) in [6.45, 7) is 0. The van der Waals surface area contributed by atoms with Gasteiger partial charge in [0.2, 0.25) is 5.91 Å². The van der Waals surface area contributed by atoms with E-state index in [0.717, 1.165) is 32.5 Å². The number of fused-ring (bicyclic) bond motifs is 2. The van der Waals surface area contributed by atoms with Gasteiger partial charge in [-0.3, -0.25) is 14.2 Å². The number of anilines is 4. The van der Waals surface area contributed by atoms with Crippen molar-refractivity contribution in [3.8, 4) is 0 Å². The van der Waals surface area contributed by atoms with E-state index in [2.05, 4.69) is 0 Å². The molecule has 1 N–H and O–H groups in total. The van der Waals surface area contributed by atoms with Crippen molar-refractivity contribution in [2.45, 2.75) is 22.6 Å². The molecule has 3 rings (SSSR count). The second-order valence-corrected chi connectivity index (χ2v) is 9.97. The highest BCUT2D eigenvalue weighted by atomic mass is 32.2. The fraction of sp³-hybridized carbons (Fsp3) is 0.350. The molecule has 156 valence electrons. The van der Waals surface area contributed by atoms with Crippen molar-refractivity contribution in [1.29, 1.82) is 0 Å². The lowest BCUT2D eigenvalue weighted by molar-refractivity contribution is -0.117. The molecular weight excluding hydrogens is 410 g/mol. The van der Waals surface area contributed by atoms with Crippen LogP contribution in [0, 0.1) is 0 Å². The highest BCUT2D eigenvalue weighted by Crippen LogP contribution is 2.50. The first-order valence-electron chi connectivity index (χ1n) is 9.15. The summed E-state index contributed by atoms with van der Waals surface area (Å²) in [5.74, 6) is -0.633. The lowest BCUT2D eigenvalue weighted by Crippen LogP contribution is -2.29. The second-order valence-electron chi connectivity index (χ2n) is 7.31. The standard InChI is InChI=1S/C20H25N3O4S2/c1-21(2)14-7-9-16-18(12-14)28-19-13-15(22(3)4)8-10-17(19)23(16)20(24)6-5-11-29(25,26)27/h7-10,12-13H,5-6,11H2,1-4H3,(H,25,26,27). The summed E-state index contributed by atoms with van der Waals surface area (Å²) >= 11 is 1.61. The Morgan fingerprint density at radius 3 is 1.86 bits per heavy atom. The predicted molar refractivity (Wildman–Crippen MR) is 118 cm³/mol. The normalized spacial score (nSPS) is 12.9. The molecule has 0 atom stereocenters. The number of carbonyl (C=O) groups is 1. The SMILES string of the molecule is CN(C)c1ccc2c(c1)Sc1cc(N(C)C)ccc1N2C(=O)CCCS(=O)(=O)O. The monoisotopic (exact) mass is 435 g/mol. The van der Waals surface area contributed by atoms with Crippen LogP contribution in [0.5, 0.6) is 0 Å². The van der Waals surface area contributed by atoms with Crippen molar-refractivity contribution in [2.75, 3.05) is 48.6 Å². The van der Waals surface area contributed by atoms with Gasteiger partial charge in [0.1, 0.15) is 0 Å². The smallest absolute Gasteiger partial charge is 0.264 e. The molecule has 0 fully saturated rings. The molecule has 0 aromatic heterocycles. The first kappa shape index (κ1) is 21.5. The molecule has 0 aliphatic carbocycles. The number of benzene rings is 2. The molecule has 1 aliphatic rings. The van der Waals surface area contributed by atoms with E-state index in [4.69, 9.17) is 4.55 Å². The maximum atomic E-state index is 13.1. The van der Waals surface area contributed by atoms with Gasteiger partial charge < -0.3 is 9.80 Å². The molecule has 7 nitrogen and oxygen atoms in total. The summed E-state index contributed by atoms with van der Waals surface area (Å²) in [4.78, 5) is 20.7. The fourth-order valence-corrected chi connectivity index (χ4v) is 4.76. The first-order valence-corrected chi connectivity index (χ1v) is 11.6. The van der Waals surface area contributed by atoms with Gasteiger partial charge >= 0.3 is 0 Å². The Hall–Kier alpha value is -2.23. The third-order valence-electron chi connectivity index (χ3n) is 4.66. The predicted octanol–water partition coefficient (Wildman–Crippen LogP) is 3.62. The number of hydrogen-bond donors (Lipinski definition) is 1. The summed E-state index contributed by atoms with van der Waals surface area (Å²) < 4.78 is 31.0. The number of nitrogens with zero attached hydrogens (tertiary/aromatic N) is 3. The molecule has 1 heterocycles. The van der Waals surface area contributed by atoms with Crippen LogP contribution < -0.4 is 14.7 Å². The molecule has 29 heavy (non-hydrogen) atoms. The van der Waals surface area contributed by atoms with Gasteiger partial charge in [0.05, 0.1) is 17.1 Å². The molecule has 2 aromatic rings. The minimum Gasteiger partial charge on any atom is -0.378 e. The zero-order valence-corrected chi connectivity index (χ0v) is 18.5. The van der Waals surface area contributed by atoms with E-state index >= 15 is 0 Å². The van der Waals surface area contributed by atoms with E-state index in [-0.39, 0.29) is 18.7 Å². The van der Waals surface area contributed by atoms with E-state index in [9.17, 15) is 13.2 Å². The third kappa shape index (κ3) is 4.85. The van der Waals surface area contributed by atoms with E-state index in [1.165, 1.54) is 0 Å². The average Bonchev–Trinajstić information content (AvgIpc) is 2.63. The molecule has 0 unspecified atom stereocenters. The van der Waals surface area contributed by atoms with E-state index < -0.39 is 15.9 Å². The quantitative estimate of drug-likeness (QED) is 0.694. The summed E-state index contributed by atoms with van der Waals surface area (Å²) in [5, 5.41) is 0.